The number of hydrogen-bond acceptors (Lipinski definition) is 4. The van der Waals surface area contributed by atoms with E-state index in [1.54, 1.807) is 11.3 Å². The standard InChI is InChI=1S/C15H16N2OS/c1-11(17(2)8-13-9-19-10-16-13)15-7-12-5-3-4-6-14(12)18-15/h3-7,9-11H,8H2,1-2H3/t11-/m0/s1. The first kappa shape index (κ1) is 12.4. The van der Waals surface area contributed by atoms with E-state index in [-0.39, 0.29) is 6.04 Å². The average molecular weight is 272 g/mol. The first-order chi connectivity index (χ1) is 9.24. The van der Waals surface area contributed by atoms with Crippen LogP contribution in [0.3, 0.4) is 0 Å². The fourth-order valence-corrected chi connectivity index (χ4v) is 2.68. The Morgan fingerprint density at radius 3 is 2.95 bits per heavy atom. The van der Waals surface area contributed by atoms with Crippen LogP contribution >= 0.6 is 11.3 Å². The number of fused-ring (bicyclic) bond motifs is 1. The first-order valence-electron chi connectivity index (χ1n) is 6.30. The zero-order valence-corrected chi connectivity index (χ0v) is 11.9. The summed E-state index contributed by atoms with van der Waals surface area (Å²) in [5, 5.41) is 3.24. The highest BCUT2D eigenvalue weighted by molar-refractivity contribution is 7.07. The summed E-state index contributed by atoms with van der Waals surface area (Å²) in [5.41, 5.74) is 3.93. The zero-order chi connectivity index (χ0) is 13.2. The lowest BCUT2D eigenvalue weighted by molar-refractivity contribution is 0.224. The molecule has 0 saturated heterocycles. The fraction of sp³-hybridized carbons (Fsp3) is 0.267. The highest BCUT2D eigenvalue weighted by Crippen LogP contribution is 2.27. The molecule has 98 valence electrons. The van der Waals surface area contributed by atoms with E-state index in [1.165, 1.54) is 0 Å². The van der Waals surface area contributed by atoms with Gasteiger partial charge in [0.1, 0.15) is 11.3 Å². The van der Waals surface area contributed by atoms with Crippen LogP contribution in [0.15, 0.2) is 45.6 Å². The third-order valence-corrected chi connectivity index (χ3v) is 4.05. The smallest absolute Gasteiger partial charge is 0.134 e. The number of furan rings is 1. The molecule has 2 heterocycles. The Labute approximate surface area is 116 Å². The second kappa shape index (κ2) is 5.15. The lowest BCUT2D eigenvalue weighted by Crippen LogP contribution is -2.21. The molecule has 1 atom stereocenters. The van der Waals surface area contributed by atoms with Gasteiger partial charge in [0.25, 0.3) is 0 Å². The molecule has 19 heavy (non-hydrogen) atoms. The molecule has 0 fully saturated rings. The van der Waals surface area contributed by atoms with E-state index in [1.807, 2.05) is 23.7 Å². The highest BCUT2D eigenvalue weighted by Gasteiger charge is 2.16. The van der Waals surface area contributed by atoms with Crippen LogP contribution < -0.4 is 0 Å². The minimum atomic E-state index is 0.231. The lowest BCUT2D eigenvalue weighted by Gasteiger charge is -2.21. The fourth-order valence-electron chi connectivity index (χ4n) is 2.13. The third kappa shape index (κ3) is 2.55. The van der Waals surface area contributed by atoms with Crippen molar-refractivity contribution in [1.82, 2.24) is 9.88 Å². The summed E-state index contributed by atoms with van der Waals surface area (Å²) in [4.78, 5) is 6.56. The second-order valence-corrected chi connectivity index (χ2v) is 5.48. The topological polar surface area (TPSA) is 29.3 Å². The molecule has 0 bridgehead atoms. The van der Waals surface area contributed by atoms with Crippen LogP contribution in [0.4, 0.5) is 0 Å². The van der Waals surface area contributed by atoms with E-state index in [0.717, 1.165) is 29.0 Å². The summed E-state index contributed by atoms with van der Waals surface area (Å²) in [5.74, 6) is 0.999. The van der Waals surface area contributed by atoms with Gasteiger partial charge in [-0.25, -0.2) is 4.98 Å². The van der Waals surface area contributed by atoms with Crippen LogP contribution in [0, 0.1) is 0 Å². The molecule has 0 aliphatic rings. The monoisotopic (exact) mass is 272 g/mol. The molecule has 3 rings (SSSR count). The Morgan fingerprint density at radius 2 is 2.21 bits per heavy atom. The molecule has 0 aliphatic carbocycles. The van der Waals surface area contributed by atoms with Gasteiger partial charge in [0, 0.05) is 17.3 Å². The molecular formula is C15H16N2OS. The predicted molar refractivity (Wildman–Crippen MR) is 78.2 cm³/mol. The molecule has 2 aromatic heterocycles. The van der Waals surface area contributed by atoms with Gasteiger partial charge in [-0.3, -0.25) is 4.90 Å². The second-order valence-electron chi connectivity index (χ2n) is 4.76. The van der Waals surface area contributed by atoms with Gasteiger partial charge in [-0.05, 0) is 26.1 Å². The summed E-state index contributed by atoms with van der Waals surface area (Å²) < 4.78 is 5.91. The number of para-hydroxylation sites is 1. The molecule has 0 aliphatic heterocycles. The Bertz CT molecular complexity index is 627. The molecule has 0 spiro atoms. The summed E-state index contributed by atoms with van der Waals surface area (Å²) in [6.07, 6.45) is 0. The molecule has 0 amide bonds. The van der Waals surface area contributed by atoms with Crippen molar-refractivity contribution in [2.24, 2.45) is 0 Å². The van der Waals surface area contributed by atoms with Crippen molar-refractivity contribution >= 4 is 22.3 Å². The van der Waals surface area contributed by atoms with E-state index >= 15 is 0 Å². The van der Waals surface area contributed by atoms with Crippen LogP contribution in [-0.2, 0) is 6.54 Å². The summed E-state index contributed by atoms with van der Waals surface area (Å²) in [6, 6.07) is 10.5. The van der Waals surface area contributed by atoms with Crippen molar-refractivity contribution in [3.05, 3.63) is 52.7 Å². The molecule has 3 nitrogen and oxygen atoms in total. The van der Waals surface area contributed by atoms with E-state index < -0.39 is 0 Å². The van der Waals surface area contributed by atoms with Gasteiger partial charge in [-0.2, -0.15) is 0 Å². The van der Waals surface area contributed by atoms with Gasteiger partial charge < -0.3 is 4.42 Å². The summed E-state index contributed by atoms with van der Waals surface area (Å²) in [7, 11) is 2.09. The van der Waals surface area contributed by atoms with Crippen molar-refractivity contribution in [3.8, 4) is 0 Å². The van der Waals surface area contributed by atoms with Gasteiger partial charge in [0.05, 0.1) is 17.2 Å². The van der Waals surface area contributed by atoms with Gasteiger partial charge in [0.2, 0.25) is 0 Å². The van der Waals surface area contributed by atoms with Crippen molar-refractivity contribution in [3.63, 3.8) is 0 Å². The normalized spacial score (nSPS) is 13.2. The van der Waals surface area contributed by atoms with Gasteiger partial charge in [-0.1, -0.05) is 18.2 Å². The van der Waals surface area contributed by atoms with Crippen LogP contribution in [-0.4, -0.2) is 16.9 Å². The number of rotatable bonds is 4. The van der Waals surface area contributed by atoms with E-state index in [2.05, 4.69) is 41.4 Å². The van der Waals surface area contributed by atoms with Crippen molar-refractivity contribution in [2.45, 2.75) is 19.5 Å². The number of nitrogens with zero attached hydrogens (tertiary/aromatic N) is 2. The molecule has 0 unspecified atom stereocenters. The Hall–Kier alpha value is -1.65. The van der Waals surface area contributed by atoms with Crippen molar-refractivity contribution in [2.75, 3.05) is 7.05 Å². The van der Waals surface area contributed by atoms with E-state index in [0.29, 0.717) is 0 Å². The quantitative estimate of drug-likeness (QED) is 0.716. The highest BCUT2D eigenvalue weighted by atomic mass is 32.1. The van der Waals surface area contributed by atoms with Gasteiger partial charge in [-0.15, -0.1) is 11.3 Å². The van der Waals surface area contributed by atoms with E-state index in [9.17, 15) is 0 Å². The minimum absolute atomic E-state index is 0.231. The number of benzene rings is 1. The Balaban J connectivity index is 1.80. The maximum atomic E-state index is 5.91. The van der Waals surface area contributed by atoms with Crippen molar-refractivity contribution < 1.29 is 4.42 Å². The molecule has 0 saturated carbocycles. The van der Waals surface area contributed by atoms with E-state index in [4.69, 9.17) is 4.42 Å². The lowest BCUT2D eigenvalue weighted by atomic mass is 10.2. The first-order valence-corrected chi connectivity index (χ1v) is 7.24. The predicted octanol–water partition coefficient (Wildman–Crippen LogP) is 4.08. The van der Waals surface area contributed by atoms with Crippen LogP contribution in [0.5, 0.6) is 0 Å². The molecule has 0 radical (unpaired) electrons. The molecule has 3 aromatic rings. The van der Waals surface area contributed by atoms with Crippen molar-refractivity contribution in [1.29, 1.82) is 0 Å². The zero-order valence-electron chi connectivity index (χ0n) is 11.0. The summed E-state index contributed by atoms with van der Waals surface area (Å²) in [6.45, 7) is 2.99. The maximum absolute atomic E-state index is 5.91. The van der Waals surface area contributed by atoms with Crippen LogP contribution in [0.2, 0.25) is 0 Å². The Kier molecular flexibility index (Phi) is 3.36. The molecular weight excluding hydrogens is 256 g/mol. The SMILES string of the molecule is C[C@@H](c1cc2ccccc2o1)N(C)Cc1cscn1. The maximum Gasteiger partial charge on any atom is 0.134 e. The number of hydrogen-bond donors (Lipinski definition) is 0. The summed E-state index contributed by atoms with van der Waals surface area (Å²) >= 11 is 1.63. The number of thiazole rings is 1. The van der Waals surface area contributed by atoms with Crippen LogP contribution in [0.1, 0.15) is 24.4 Å². The molecule has 0 N–H and O–H groups in total. The van der Waals surface area contributed by atoms with Gasteiger partial charge in [0.15, 0.2) is 0 Å². The van der Waals surface area contributed by atoms with Gasteiger partial charge >= 0.3 is 0 Å². The molecule has 4 heteroatoms. The average Bonchev–Trinajstić information content (AvgIpc) is 3.05. The minimum Gasteiger partial charge on any atom is -0.459 e. The Morgan fingerprint density at radius 1 is 1.37 bits per heavy atom. The molecule has 1 aromatic carbocycles. The number of aromatic nitrogens is 1. The largest absolute Gasteiger partial charge is 0.459 e. The van der Waals surface area contributed by atoms with Crippen LogP contribution in [0.25, 0.3) is 11.0 Å². The third-order valence-electron chi connectivity index (χ3n) is 3.41.